The van der Waals surface area contributed by atoms with Crippen molar-refractivity contribution < 1.29 is 23.7 Å². The highest BCUT2D eigenvalue weighted by atomic mass is 35.5. The molecule has 0 aliphatic carbocycles. The van der Waals surface area contributed by atoms with Crippen LogP contribution in [0.4, 0.5) is 11.6 Å². The first-order chi connectivity index (χ1) is 20.3. The molecule has 3 aliphatic rings. The molecule has 0 saturated carbocycles. The first-order valence-electron chi connectivity index (χ1n) is 13.9. The lowest BCUT2D eigenvalue weighted by atomic mass is 9.73. The number of benzene rings is 1. The van der Waals surface area contributed by atoms with Gasteiger partial charge in [-0.15, -0.1) is 0 Å². The van der Waals surface area contributed by atoms with Crippen LogP contribution in [0.5, 0.6) is 11.5 Å². The Hall–Kier alpha value is -3.18. The number of anilines is 2. The molecule has 0 amide bonds. The van der Waals surface area contributed by atoms with Crippen LogP contribution in [-0.2, 0) is 14.3 Å². The Labute approximate surface area is 254 Å². The van der Waals surface area contributed by atoms with Crippen molar-refractivity contribution in [3.8, 4) is 22.9 Å². The van der Waals surface area contributed by atoms with Crippen LogP contribution in [0.15, 0.2) is 31.0 Å². The number of aromatic nitrogens is 3. The first-order valence-corrected chi connectivity index (χ1v) is 14.7. The standard InChI is InChI=1S/C30H33Cl2N5O5/c1-4-18(38)9-17-13-42-14-21(17)34-24-10-19-20(12-33-24)35-28(25-26(31)22(39-2)11-23(40-3)27(25)32)36-29(19)37-15-30(16-37)5-7-41-8-6-30/h4,10-12,17,21H,1,5-9,13-16H2,2-3H3,(H,33,34)/t17-,21+/m0/s1. The number of halogens is 2. The number of nitrogens with one attached hydrogen (secondary N) is 1. The number of pyridine rings is 1. The maximum absolute atomic E-state index is 12.0. The number of fused-ring (bicyclic) bond motifs is 1. The van der Waals surface area contributed by atoms with Crippen molar-refractivity contribution in [3.63, 3.8) is 0 Å². The van der Waals surface area contributed by atoms with Gasteiger partial charge in [-0.1, -0.05) is 29.8 Å². The van der Waals surface area contributed by atoms with Crippen molar-refractivity contribution in [2.45, 2.75) is 25.3 Å². The molecule has 3 saturated heterocycles. The lowest BCUT2D eigenvalue weighted by Crippen LogP contribution is -2.59. The van der Waals surface area contributed by atoms with Crippen LogP contribution in [0.2, 0.25) is 10.0 Å². The molecule has 1 spiro atoms. The minimum absolute atomic E-state index is 0.00157. The molecule has 10 nitrogen and oxygen atoms in total. The average Bonchev–Trinajstić information content (AvgIpc) is 3.42. The fourth-order valence-electron chi connectivity index (χ4n) is 6.05. The molecule has 2 aromatic heterocycles. The van der Waals surface area contributed by atoms with Crippen LogP contribution in [0.1, 0.15) is 19.3 Å². The molecule has 1 aromatic carbocycles. The zero-order chi connectivity index (χ0) is 29.4. The molecule has 3 aliphatic heterocycles. The van der Waals surface area contributed by atoms with Crippen molar-refractivity contribution in [1.82, 2.24) is 15.0 Å². The fourth-order valence-corrected chi connectivity index (χ4v) is 6.72. The van der Waals surface area contributed by atoms with Gasteiger partial charge in [-0.3, -0.25) is 4.79 Å². The first kappa shape index (κ1) is 28.9. The second-order valence-corrected chi connectivity index (χ2v) is 11.9. The second-order valence-electron chi connectivity index (χ2n) is 11.1. The van der Waals surface area contributed by atoms with E-state index in [-0.39, 0.29) is 23.2 Å². The van der Waals surface area contributed by atoms with Gasteiger partial charge in [0.15, 0.2) is 11.6 Å². The summed E-state index contributed by atoms with van der Waals surface area (Å²) in [5, 5.41) is 4.92. The molecule has 12 heteroatoms. The maximum Gasteiger partial charge on any atom is 0.165 e. The van der Waals surface area contributed by atoms with Gasteiger partial charge >= 0.3 is 0 Å². The average molecular weight is 615 g/mol. The zero-order valence-corrected chi connectivity index (χ0v) is 25.1. The number of carbonyl (C=O) groups excluding carboxylic acids is 1. The van der Waals surface area contributed by atoms with Gasteiger partial charge in [0.25, 0.3) is 0 Å². The molecule has 1 N–H and O–H groups in total. The third-order valence-electron chi connectivity index (χ3n) is 8.49. The SMILES string of the molecule is C=CC(=O)C[C@H]1COC[C@H]1Nc1cc2c(N3CC4(CCOCC4)C3)nc(-c3c(Cl)c(OC)cc(OC)c3Cl)nc2cn1. The number of rotatable bonds is 9. The smallest absolute Gasteiger partial charge is 0.165 e. The molecule has 2 atom stereocenters. The number of hydrogen-bond acceptors (Lipinski definition) is 10. The second kappa shape index (κ2) is 11.8. The highest BCUT2D eigenvalue weighted by Crippen LogP contribution is 2.47. The van der Waals surface area contributed by atoms with Gasteiger partial charge in [0.05, 0.1) is 60.8 Å². The van der Waals surface area contributed by atoms with E-state index in [9.17, 15) is 4.79 Å². The highest BCUT2D eigenvalue weighted by molar-refractivity contribution is 6.41. The van der Waals surface area contributed by atoms with Crippen LogP contribution in [-0.4, -0.2) is 80.5 Å². The largest absolute Gasteiger partial charge is 0.495 e. The third kappa shape index (κ3) is 5.37. The van der Waals surface area contributed by atoms with Gasteiger partial charge in [0.1, 0.15) is 23.1 Å². The fraction of sp³-hybridized carbons (Fsp3) is 0.467. The van der Waals surface area contributed by atoms with Crippen molar-refractivity contribution in [2.75, 3.05) is 64.0 Å². The van der Waals surface area contributed by atoms with Gasteiger partial charge < -0.3 is 29.2 Å². The number of hydrogen-bond donors (Lipinski definition) is 1. The number of nitrogens with zero attached hydrogens (tertiary/aromatic N) is 4. The lowest BCUT2D eigenvalue weighted by molar-refractivity contribution is -0.115. The van der Waals surface area contributed by atoms with Crippen LogP contribution >= 0.6 is 23.2 Å². The molecule has 0 bridgehead atoms. The van der Waals surface area contributed by atoms with E-state index in [1.165, 1.54) is 20.3 Å². The number of methoxy groups -OCH3 is 2. The molecule has 222 valence electrons. The number of carbonyl (C=O) groups is 1. The van der Waals surface area contributed by atoms with E-state index in [1.807, 2.05) is 6.07 Å². The summed E-state index contributed by atoms with van der Waals surface area (Å²) >= 11 is 13.5. The van der Waals surface area contributed by atoms with Crippen molar-refractivity contribution >= 4 is 51.5 Å². The third-order valence-corrected chi connectivity index (χ3v) is 9.24. The summed E-state index contributed by atoms with van der Waals surface area (Å²) in [4.78, 5) is 28.9. The Morgan fingerprint density at radius 2 is 1.83 bits per heavy atom. The Kier molecular flexibility index (Phi) is 8.15. The maximum atomic E-state index is 12.0. The van der Waals surface area contributed by atoms with Crippen LogP contribution in [0.25, 0.3) is 22.3 Å². The molecule has 0 unspecified atom stereocenters. The van der Waals surface area contributed by atoms with Gasteiger partial charge in [-0.25, -0.2) is 15.0 Å². The van der Waals surface area contributed by atoms with Gasteiger partial charge in [-0.05, 0) is 25.0 Å². The topological polar surface area (TPSA) is 108 Å². The molecule has 42 heavy (non-hydrogen) atoms. The van der Waals surface area contributed by atoms with E-state index in [4.69, 9.17) is 52.1 Å². The van der Waals surface area contributed by atoms with E-state index in [0.717, 1.165) is 50.3 Å². The summed E-state index contributed by atoms with van der Waals surface area (Å²) < 4.78 is 22.3. The summed E-state index contributed by atoms with van der Waals surface area (Å²) in [6.45, 7) is 7.86. The molecular formula is C30H33Cl2N5O5. The van der Waals surface area contributed by atoms with Crippen molar-refractivity contribution in [1.29, 1.82) is 0 Å². The van der Waals surface area contributed by atoms with Gasteiger partial charge in [0.2, 0.25) is 0 Å². The molecule has 3 aromatic rings. The normalized spacial score (nSPS) is 21.3. The summed E-state index contributed by atoms with van der Waals surface area (Å²) in [5.41, 5.74) is 1.28. The lowest BCUT2D eigenvalue weighted by Gasteiger charge is -2.53. The molecule has 0 radical (unpaired) electrons. The van der Waals surface area contributed by atoms with Crippen LogP contribution < -0.4 is 19.7 Å². The summed E-state index contributed by atoms with van der Waals surface area (Å²) in [6.07, 6.45) is 5.49. The Bertz CT molecular complexity index is 1490. The summed E-state index contributed by atoms with van der Waals surface area (Å²) in [6, 6.07) is 3.55. The Morgan fingerprint density at radius 3 is 2.50 bits per heavy atom. The molecule has 5 heterocycles. The zero-order valence-electron chi connectivity index (χ0n) is 23.6. The Morgan fingerprint density at radius 1 is 1.12 bits per heavy atom. The summed E-state index contributed by atoms with van der Waals surface area (Å²) in [5.74, 6) is 2.63. The predicted octanol–water partition coefficient (Wildman–Crippen LogP) is 5.20. The Balaban J connectivity index is 1.41. The van der Waals surface area contributed by atoms with E-state index in [1.54, 1.807) is 12.3 Å². The minimum atomic E-state index is -0.0566. The minimum Gasteiger partial charge on any atom is -0.495 e. The van der Waals surface area contributed by atoms with Crippen LogP contribution in [0.3, 0.4) is 0 Å². The number of allylic oxidation sites excluding steroid dienone is 1. The van der Waals surface area contributed by atoms with E-state index in [2.05, 4.69) is 21.8 Å². The molecular weight excluding hydrogens is 581 g/mol. The van der Waals surface area contributed by atoms with Gasteiger partial charge in [-0.2, -0.15) is 0 Å². The van der Waals surface area contributed by atoms with E-state index in [0.29, 0.717) is 63.9 Å². The highest BCUT2D eigenvalue weighted by Gasteiger charge is 2.45. The van der Waals surface area contributed by atoms with E-state index >= 15 is 0 Å². The summed E-state index contributed by atoms with van der Waals surface area (Å²) in [7, 11) is 3.06. The molecule has 6 rings (SSSR count). The number of ether oxygens (including phenoxy) is 4. The van der Waals surface area contributed by atoms with E-state index < -0.39 is 0 Å². The predicted molar refractivity (Wildman–Crippen MR) is 162 cm³/mol. The van der Waals surface area contributed by atoms with Crippen molar-refractivity contribution in [3.05, 3.63) is 41.0 Å². The van der Waals surface area contributed by atoms with Gasteiger partial charge in [0, 0.05) is 55.5 Å². The van der Waals surface area contributed by atoms with Crippen molar-refractivity contribution in [2.24, 2.45) is 11.3 Å². The quantitative estimate of drug-likeness (QED) is 0.323. The van der Waals surface area contributed by atoms with Crippen LogP contribution in [0, 0.1) is 11.3 Å². The number of ketones is 1. The molecule has 3 fully saturated rings. The monoisotopic (exact) mass is 613 g/mol.